The predicted molar refractivity (Wildman–Crippen MR) is 71.3 cm³/mol. The standard InChI is InChI=1S/C15H22O3/c1-6-18-14(17)15(4,5)13(16)12-8-10(2)7-11(3)9-12/h7-9,13,16H,6H2,1-5H3. The minimum atomic E-state index is -0.948. The maximum Gasteiger partial charge on any atom is 0.314 e. The van der Waals surface area contributed by atoms with Crippen LogP contribution < -0.4 is 0 Å². The first-order valence-electron chi connectivity index (χ1n) is 6.22. The molecule has 0 saturated heterocycles. The number of aryl methyl sites for hydroxylation is 2. The topological polar surface area (TPSA) is 46.5 Å². The van der Waals surface area contributed by atoms with Gasteiger partial charge in [0.1, 0.15) is 0 Å². The second-order valence-corrected chi connectivity index (χ2v) is 5.27. The van der Waals surface area contributed by atoms with Crippen molar-refractivity contribution in [2.24, 2.45) is 5.41 Å². The molecule has 3 heteroatoms. The van der Waals surface area contributed by atoms with E-state index >= 15 is 0 Å². The fraction of sp³-hybridized carbons (Fsp3) is 0.533. The molecule has 1 atom stereocenters. The number of hydrogen-bond donors (Lipinski definition) is 1. The number of carbonyl (C=O) groups excluding carboxylic acids is 1. The molecule has 0 saturated carbocycles. The molecule has 18 heavy (non-hydrogen) atoms. The molecule has 0 spiro atoms. The summed E-state index contributed by atoms with van der Waals surface area (Å²) in [5, 5.41) is 10.4. The minimum absolute atomic E-state index is 0.321. The SMILES string of the molecule is CCOC(=O)C(C)(C)C(O)c1cc(C)cc(C)c1. The summed E-state index contributed by atoms with van der Waals surface area (Å²) in [5.41, 5.74) is 1.95. The summed E-state index contributed by atoms with van der Waals surface area (Å²) in [4.78, 5) is 11.9. The molecular weight excluding hydrogens is 228 g/mol. The van der Waals surface area contributed by atoms with Crippen molar-refractivity contribution in [1.29, 1.82) is 0 Å². The van der Waals surface area contributed by atoms with E-state index in [2.05, 4.69) is 0 Å². The molecule has 3 nitrogen and oxygen atoms in total. The molecule has 0 bridgehead atoms. The van der Waals surface area contributed by atoms with Crippen LogP contribution in [-0.2, 0) is 9.53 Å². The Kier molecular flexibility index (Phi) is 4.52. The van der Waals surface area contributed by atoms with Crippen molar-refractivity contribution in [2.45, 2.75) is 40.7 Å². The van der Waals surface area contributed by atoms with E-state index < -0.39 is 11.5 Å². The van der Waals surface area contributed by atoms with E-state index in [1.165, 1.54) is 0 Å². The molecule has 100 valence electrons. The number of ether oxygens (including phenoxy) is 1. The summed E-state index contributed by atoms with van der Waals surface area (Å²) < 4.78 is 5.01. The summed E-state index contributed by atoms with van der Waals surface area (Å²) >= 11 is 0. The van der Waals surface area contributed by atoms with Gasteiger partial charge in [0.15, 0.2) is 0 Å². The fourth-order valence-corrected chi connectivity index (χ4v) is 2.01. The quantitative estimate of drug-likeness (QED) is 0.836. The number of benzene rings is 1. The van der Waals surface area contributed by atoms with Gasteiger partial charge in [0.05, 0.1) is 18.1 Å². The molecular formula is C15H22O3. The maximum absolute atomic E-state index is 11.9. The first-order valence-corrected chi connectivity index (χ1v) is 6.22. The molecule has 0 fully saturated rings. The smallest absolute Gasteiger partial charge is 0.314 e. The molecule has 0 aliphatic rings. The van der Waals surface area contributed by atoms with E-state index in [1.807, 2.05) is 32.0 Å². The van der Waals surface area contributed by atoms with E-state index in [4.69, 9.17) is 4.74 Å². The van der Waals surface area contributed by atoms with Crippen molar-refractivity contribution in [3.05, 3.63) is 34.9 Å². The summed E-state index contributed by atoms with van der Waals surface area (Å²) in [5.74, 6) is -0.378. The monoisotopic (exact) mass is 250 g/mol. The Labute approximate surface area is 109 Å². The van der Waals surface area contributed by atoms with E-state index in [1.54, 1.807) is 20.8 Å². The first kappa shape index (κ1) is 14.7. The molecule has 0 aromatic heterocycles. The summed E-state index contributed by atoms with van der Waals surface area (Å²) in [6.07, 6.45) is -0.866. The highest BCUT2D eigenvalue weighted by Crippen LogP contribution is 2.35. The van der Waals surface area contributed by atoms with Crippen molar-refractivity contribution in [3.63, 3.8) is 0 Å². The van der Waals surface area contributed by atoms with Crippen LogP contribution in [0.1, 0.15) is 43.6 Å². The van der Waals surface area contributed by atoms with Crippen molar-refractivity contribution in [2.75, 3.05) is 6.61 Å². The largest absolute Gasteiger partial charge is 0.465 e. The van der Waals surface area contributed by atoms with Crippen LogP contribution in [0.4, 0.5) is 0 Å². The Hall–Kier alpha value is -1.35. The Morgan fingerprint density at radius 3 is 2.22 bits per heavy atom. The lowest BCUT2D eigenvalue weighted by Gasteiger charge is -2.28. The third kappa shape index (κ3) is 3.10. The highest BCUT2D eigenvalue weighted by atomic mass is 16.5. The van der Waals surface area contributed by atoms with Crippen molar-refractivity contribution >= 4 is 5.97 Å². The highest BCUT2D eigenvalue weighted by molar-refractivity contribution is 5.77. The fourth-order valence-electron chi connectivity index (χ4n) is 2.01. The van der Waals surface area contributed by atoms with Gasteiger partial charge in [-0.2, -0.15) is 0 Å². The second-order valence-electron chi connectivity index (χ2n) is 5.27. The van der Waals surface area contributed by atoms with E-state index in [9.17, 15) is 9.90 Å². The molecule has 1 rings (SSSR count). The molecule has 1 N–H and O–H groups in total. The van der Waals surface area contributed by atoms with Crippen LogP contribution in [0.3, 0.4) is 0 Å². The summed E-state index contributed by atoms with van der Waals surface area (Å²) in [6, 6.07) is 5.84. The lowest BCUT2D eigenvalue weighted by atomic mass is 9.82. The molecule has 0 aliphatic carbocycles. The minimum Gasteiger partial charge on any atom is -0.465 e. The predicted octanol–water partition coefficient (Wildman–Crippen LogP) is 2.93. The summed E-state index contributed by atoms with van der Waals surface area (Å²) in [6.45, 7) is 9.43. The lowest BCUT2D eigenvalue weighted by molar-refractivity contribution is -0.160. The van der Waals surface area contributed by atoms with Crippen LogP contribution in [0.25, 0.3) is 0 Å². The second kappa shape index (κ2) is 5.53. The average molecular weight is 250 g/mol. The Balaban J connectivity index is 3.04. The van der Waals surface area contributed by atoms with Gasteiger partial charge >= 0.3 is 5.97 Å². The van der Waals surface area contributed by atoms with Crippen LogP contribution in [0.2, 0.25) is 0 Å². The number of aliphatic hydroxyl groups is 1. The molecule has 0 radical (unpaired) electrons. The highest BCUT2D eigenvalue weighted by Gasteiger charge is 2.38. The van der Waals surface area contributed by atoms with Crippen LogP contribution >= 0.6 is 0 Å². The molecule has 1 aromatic rings. The third-order valence-corrected chi connectivity index (χ3v) is 3.04. The summed E-state index contributed by atoms with van der Waals surface area (Å²) in [7, 11) is 0. The van der Waals surface area contributed by atoms with E-state index in [-0.39, 0.29) is 5.97 Å². The molecule has 1 aromatic carbocycles. The lowest BCUT2D eigenvalue weighted by Crippen LogP contribution is -2.33. The molecule has 1 unspecified atom stereocenters. The van der Waals surface area contributed by atoms with Gasteiger partial charge in [-0.25, -0.2) is 0 Å². The maximum atomic E-state index is 11.9. The number of rotatable bonds is 4. The van der Waals surface area contributed by atoms with Gasteiger partial charge in [0.25, 0.3) is 0 Å². The number of esters is 1. The van der Waals surface area contributed by atoms with Crippen LogP contribution in [0.15, 0.2) is 18.2 Å². The molecule has 0 amide bonds. The van der Waals surface area contributed by atoms with Gasteiger partial charge in [0.2, 0.25) is 0 Å². The molecule has 0 heterocycles. The zero-order chi connectivity index (χ0) is 13.9. The number of aliphatic hydroxyl groups excluding tert-OH is 1. The van der Waals surface area contributed by atoms with Gasteiger partial charge in [-0.05, 0) is 40.2 Å². The van der Waals surface area contributed by atoms with Gasteiger partial charge in [-0.15, -0.1) is 0 Å². The van der Waals surface area contributed by atoms with Crippen molar-refractivity contribution < 1.29 is 14.6 Å². The van der Waals surface area contributed by atoms with Gasteiger partial charge < -0.3 is 9.84 Å². The zero-order valence-corrected chi connectivity index (χ0v) is 11.8. The zero-order valence-electron chi connectivity index (χ0n) is 11.8. The van der Waals surface area contributed by atoms with Crippen LogP contribution in [0.5, 0.6) is 0 Å². The van der Waals surface area contributed by atoms with Gasteiger partial charge in [0, 0.05) is 0 Å². The average Bonchev–Trinajstić information content (AvgIpc) is 2.26. The molecule has 0 aliphatic heterocycles. The Morgan fingerprint density at radius 2 is 1.78 bits per heavy atom. The number of hydrogen-bond acceptors (Lipinski definition) is 3. The normalized spacial score (nSPS) is 13.2. The van der Waals surface area contributed by atoms with Crippen LogP contribution in [0, 0.1) is 19.3 Å². The van der Waals surface area contributed by atoms with Crippen molar-refractivity contribution in [3.8, 4) is 0 Å². The number of carbonyl (C=O) groups is 1. The third-order valence-electron chi connectivity index (χ3n) is 3.04. The van der Waals surface area contributed by atoms with Crippen LogP contribution in [-0.4, -0.2) is 17.7 Å². The van der Waals surface area contributed by atoms with E-state index in [0.717, 1.165) is 16.7 Å². The van der Waals surface area contributed by atoms with Gasteiger partial charge in [-0.3, -0.25) is 4.79 Å². The van der Waals surface area contributed by atoms with Crippen molar-refractivity contribution in [1.82, 2.24) is 0 Å². The Bertz CT molecular complexity index is 415. The van der Waals surface area contributed by atoms with Gasteiger partial charge in [-0.1, -0.05) is 29.3 Å². The first-order chi connectivity index (χ1) is 8.28. The van der Waals surface area contributed by atoms with E-state index in [0.29, 0.717) is 6.61 Å². The Morgan fingerprint density at radius 1 is 1.28 bits per heavy atom.